The molecular weight excluding hydrogens is 154 g/mol. The highest BCUT2D eigenvalue weighted by molar-refractivity contribution is 7.09. The van der Waals surface area contributed by atoms with Gasteiger partial charge in [0.05, 0.1) is 5.01 Å². The molecule has 2 heteroatoms. The van der Waals surface area contributed by atoms with Gasteiger partial charge in [0.25, 0.3) is 0 Å². The van der Waals surface area contributed by atoms with Crippen molar-refractivity contribution < 1.29 is 0 Å². The van der Waals surface area contributed by atoms with Crippen LogP contribution in [0.25, 0.3) is 0 Å². The normalized spacial score (nSPS) is 20.4. The van der Waals surface area contributed by atoms with E-state index >= 15 is 0 Å². The van der Waals surface area contributed by atoms with Crippen molar-refractivity contribution in [3.8, 4) is 0 Å². The van der Waals surface area contributed by atoms with Crippen LogP contribution in [-0.2, 0) is 0 Å². The Labute approximate surface area is 71.5 Å². The zero-order valence-corrected chi connectivity index (χ0v) is 7.31. The molecule has 0 spiro atoms. The highest BCUT2D eigenvalue weighted by Gasteiger charge is 2.17. The quantitative estimate of drug-likeness (QED) is 0.625. The number of hydrogen-bond acceptors (Lipinski definition) is 2. The van der Waals surface area contributed by atoms with E-state index < -0.39 is 0 Å². The van der Waals surface area contributed by atoms with Gasteiger partial charge in [0, 0.05) is 17.5 Å². The Morgan fingerprint density at radius 1 is 1.45 bits per heavy atom. The first-order valence-corrected chi connectivity index (χ1v) is 5.07. The van der Waals surface area contributed by atoms with E-state index in [2.05, 4.69) is 16.8 Å². The van der Waals surface area contributed by atoms with E-state index in [-0.39, 0.29) is 0 Å². The summed E-state index contributed by atoms with van der Waals surface area (Å²) in [6, 6.07) is 0. The average Bonchev–Trinajstić information content (AvgIpc) is 2.58. The van der Waals surface area contributed by atoms with Gasteiger partial charge in [-0.05, 0) is 19.3 Å². The lowest BCUT2D eigenvalue weighted by atomic mass is 9.90. The van der Waals surface area contributed by atoms with Gasteiger partial charge in [0.15, 0.2) is 0 Å². The topological polar surface area (TPSA) is 12.9 Å². The minimum absolute atomic E-state index is 0.670. The van der Waals surface area contributed by atoms with E-state index in [1.807, 2.05) is 6.20 Å². The average molecular weight is 166 g/mol. The molecular formula is C9H12NS. The lowest BCUT2D eigenvalue weighted by Gasteiger charge is -2.18. The first-order valence-electron chi connectivity index (χ1n) is 4.19. The molecule has 1 radical (unpaired) electrons. The lowest BCUT2D eigenvalue weighted by Crippen LogP contribution is -2.04. The Morgan fingerprint density at radius 3 is 3.09 bits per heavy atom. The maximum atomic E-state index is 4.33. The lowest BCUT2D eigenvalue weighted by molar-refractivity contribution is 0.532. The van der Waals surface area contributed by atoms with E-state index in [1.165, 1.54) is 30.7 Å². The molecule has 0 bridgehead atoms. The van der Waals surface area contributed by atoms with Gasteiger partial charge in [-0.15, -0.1) is 11.3 Å². The largest absolute Gasteiger partial charge is 0.249 e. The van der Waals surface area contributed by atoms with E-state index in [0.29, 0.717) is 5.92 Å². The Kier molecular flexibility index (Phi) is 2.22. The molecule has 1 atom stereocenters. The zero-order valence-electron chi connectivity index (χ0n) is 6.49. The van der Waals surface area contributed by atoms with Crippen LogP contribution >= 0.6 is 11.3 Å². The summed E-state index contributed by atoms with van der Waals surface area (Å²) in [5.74, 6) is 0.670. The van der Waals surface area contributed by atoms with Crippen molar-refractivity contribution in [1.29, 1.82) is 0 Å². The van der Waals surface area contributed by atoms with E-state index in [4.69, 9.17) is 0 Å². The molecule has 1 aromatic heterocycles. The van der Waals surface area contributed by atoms with Crippen LogP contribution in [0.3, 0.4) is 0 Å². The molecule has 0 amide bonds. The van der Waals surface area contributed by atoms with E-state index in [1.54, 1.807) is 11.3 Å². The molecule has 1 aliphatic rings. The van der Waals surface area contributed by atoms with Crippen molar-refractivity contribution >= 4 is 11.3 Å². The Bertz CT molecular complexity index is 199. The molecule has 0 aliphatic heterocycles. The van der Waals surface area contributed by atoms with Crippen LogP contribution in [0.4, 0.5) is 0 Å². The molecule has 1 aliphatic carbocycles. The molecule has 11 heavy (non-hydrogen) atoms. The summed E-state index contributed by atoms with van der Waals surface area (Å²) in [6.07, 6.45) is 9.67. The molecule has 1 nitrogen and oxygen atoms in total. The fourth-order valence-electron chi connectivity index (χ4n) is 1.59. The van der Waals surface area contributed by atoms with Crippen LogP contribution in [0.15, 0.2) is 11.6 Å². The molecule has 0 saturated heterocycles. The van der Waals surface area contributed by atoms with Gasteiger partial charge in [-0.1, -0.05) is 12.8 Å². The van der Waals surface area contributed by atoms with E-state index in [0.717, 1.165) is 0 Å². The van der Waals surface area contributed by atoms with Crippen LogP contribution in [0.1, 0.15) is 36.6 Å². The van der Waals surface area contributed by atoms with Gasteiger partial charge < -0.3 is 0 Å². The van der Waals surface area contributed by atoms with Crippen LogP contribution in [0.5, 0.6) is 0 Å². The van der Waals surface area contributed by atoms with E-state index in [9.17, 15) is 0 Å². The third-order valence-electron chi connectivity index (χ3n) is 2.19. The maximum absolute atomic E-state index is 4.33. The summed E-state index contributed by atoms with van der Waals surface area (Å²) in [6.45, 7) is 0. The SMILES string of the molecule is [CH]1CCCCC1c1nccs1. The monoisotopic (exact) mass is 166 g/mol. The van der Waals surface area contributed by atoms with Crippen molar-refractivity contribution in [3.63, 3.8) is 0 Å². The first kappa shape index (κ1) is 7.29. The van der Waals surface area contributed by atoms with Gasteiger partial charge in [-0.25, -0.2) is 4.98 Å². The summed E-state index contributed by atoms with van der Waals surface area (Å²) < 4.78 is 0. The van der Waals surface area contributed by atoms with Gasteiger partial charge in [0.1, 0.15) is 0 Å². The number of nitrogens with zero attached hydrogens (tertiary/aromatic N) is 1. The van der Waals surface area contributed by atoms with Gasteiger partial charge >= 0.3 is 0 Å². The molecule has 0 N–H and O–H groups in total. The number of aromatic nitrogens is 1. The van der Waals surface area contributed by atoms with Crippen LogP contribution in [0.2, 0.25) is 0 Å². The smallest absolute Gasteiger partial charge is 0.0958 e. The van der Waals surface area contributed by atoms with Crippen molar-refractivity contribution in [2.24, 2.45) is 0 Å². The fraction of sp³-hybridized carbons (Fsp3) is 0.556. The van der Waals surface area contributed by atoms with Gasteiger partial charge in [-0.2, -0.15) is 0 Å². The standard InChI is InChI=1S/C9H12NS/c1-2-4-8(5-3-1)9-10-6-7-11-9/h4,6-8H,1-3,5H2. The van der Waals surface area contributed by atoms with Crippen molar-refractivity contribution in [2.45, 2.75) is 31.6 Å². The zero-order chi connectivity index (χ0) is 7.52. The van der Waals surface area contributed by atoms with Crippen molar-refractivity contribution in [1.82, 2.24) is 4.98 Å². The van der Waals surface area contributed by atoms with Gasteiger partial charge in [0.2, 0.25) is 0 Å². The summed E-state index contributed by atoms with van der Waals surface area (Å²) in [5.41, 5.74) is 0. The molecule has 1 aromatic rings. The van der Waals surface area contributed by atoms with Crippen LogP contribution in [-0.4, -0.2) is 4.98 Å². The predicted molar refractivity (Wildman–Crippen MR) is 47.6 cm³/mol. The third kappa shape index (κ3) is 1.62. The second-order valence-corrected chi connectivity index (χ2v) is 3.92. The predicted octanol–water partition coefficient (Wildman–Crippen LogP) is 3.00. The molecule has 1 unspecified atom stereocenters. The second kappa shape index (κ2) is 3.35. The molecule has 0 aromatic carbocycles. The number of thiazole rings is 1. The summed E-state index contributed by atoms with van der Waals surface area (Å²) in [7, 11) is 0. The summed E-state index contributed by atoms with van der Waals surface area (Å²) >= 11 is 1.79. The second-order valence-electron chi connectivity index (χ2n) is 3.00. The highest BCUT2D eigenvalue weighted by atomic mass is 32.1. The first-order chi connectivity index (χ1) is 5.47. The molecule has 1 heterocycles. The number of rotatable bonds is 1. The molecule has 1 fully saturated rings. The van der Waals surface area contributed by atoms with Gasteiger partial charge in [-0.3, -0.25) is 0 Å². The van der Waals surface area contributed by atoms with Crippen LogP contribution < -0.4 is 0 Å². The van der Waals surface area contributed by atoms with Crippen molar-refractivity contribution in [3.05, 3.63) is 23.0 Å². The molecule has 2 rings (SSSR count). The third-order valence-corrected chi connectivity index (χ3v) is 3.10. The Balaban J connectivity index is 2.04. The molecule has 59 valence electrons. The minimum Gasteiger partial charge on any atom is -0.249 e. The minimum atomic E-state index is 0.670. The maximum Gasteiger partial charge on any atom is 0.0958 e. The Hall–Kier alpha value is -0.370. The summed E-state index contributed by atoms with van der Waals surface area (Å²) in [4.78, 5) is 4.33. The fourth-order valence-corrected chi connectivity index (χ4v) is 2.36. The Morgan fingerprint density at radius 2 is 2.45 bits per heavy atom. The summed E-state index contributed by atoms with van der Waals surface area (Å²) in [5, 5.41) is 3.38. The highest BCUT2D eigenvalue weighted by Crippen LogP contribution is 2.32. The molecule has 1 saturated carbocycles. The van der Waals surface area contributed by atoms with Crippen molar-refractivity contribution in [2.75, 3.05) is 0 Å². The number of hydrogen-bond donors (Lipinski definition) is 0. The van der Waals surface area contributed by atoms with Crippen LogP contribution in [0, 0.1) is 6.42 Å².